The summed E-state index contributed by atoms with van der Waals surface area (Å²) in [6.45, 7) is 0. The maximum absolute atomic E-state index is 11.1. The van der Waals surface area contributed by atoms with Crippen LogP contribution in [0.5, 0.6) is 11.5 Å². The number of rotatable bonds is 6. The van der Waals surface area contributed by atoms with Crippen molar-refractivity contribution in [2.24, 2.45) is 0 Å². The van der Waals surface area contributed by atoms with Crippen molar-refractivity contribution in [2.75, 3.05) is 0 Å². The molecule has 2 rings (SSSR count). The topological polar surface area (TPSA) is 305 Å². The van der Waals surface area contributed by atoms with Gasteiger partial charge < -0.3 is 10.2 Å². The Hall–Kier alpha value is -4.62. The normalized spacial score (nSPS) is 9.45. The van der Waals surface area contributed by atoms with Crippen LogP contribution in [0.1, 0.15) is 0 Å². The fourth-order valence-electron chi connectivity index (χ4n) is 1.92. The van der Waals surface area contributed by atoms with E-state index >= 15 is 0 Å². The van der Waals surface area contributed by atoms with E-state index in [-0.39, 0.29) is 27.7 Å². The van der Waals surface area contributed by atoms with Crippen LogP contribution in [-0.4, -0.2) is 29.5 Å². The first kappa shape index (κ1) is 28.4. The van der Waals surface area contributed by atoms with Gasteiger partial charge in [0, 0.05) is 0 Å². The molecule has 0 amide bonds. The van der Waals surface area contributed by atoms with Crippen molar-refractivity contribution in [3.05, 3.63) is 85.0 Å². The smallest absolute Gasteiger partial charge is 0.863 e. The summed E-state index contributed by atoms with van der Waals surface area (Å²) in [6.07, 6.45) is 0. The first-order valence-electron chi connectivity index (χ1n) is 7.25. The zero-order chi connectivity index (χ0) is 24.9. The third-order valence-electron chi connectivity index (χ3n) is 3.28. The van der Waals surface area contributed by atoms with E-state index in [0.717, 1.165) is 0 Å². The molecule has 0 aliphatic carbocycles. The van der Waals surface area contributed by atoms with Gasteiger partial charge in [-0.3, -0.25) is 60.7 Å². The molecule has 0 spiro atoms. The molecule has 0 heterocycles. The molecule has 33 heavy (non-hydrogen) atoms. The largest absolute Gasteiger partial charge is 2.00 e. The molecule has 168 valence electrons. The van der Waals surface area contributed by atoms with E-state index < -0.39 is 75.2 Å². The van der Waals surface area contributed by atoms with Gasteiger partial charge in [-0.1, -0.05) is 0 Å². The molecule has 0 radical (unpaired) electrons. The minimum atomic E-state index is -1.46. The number of nitro benzene ring substituents is 6. The van der Waals surface area contributed by atoms with Crippen molar-refractivity contribution in [2.45, 2.75) is 0 Å². The molecule has 2 aromatic carbocycles. The summed E-state index contributed by atoms with van der Waals surface area (Å²) in [6, 6.07) is 1.54. The molecular formula is C12H4HgN6O14. The summed E-state index contributed by atoms with van der Waals surface area (Å²) in [5, 5.41) is 84.2. The number of nitrogens with zero attached hydrogens (tertiary/aromatic N) is 6. The first-order valence-corrected chi connectivity index (χ1v) is 7.25. The van der Waals surface area contributed by atoms with Crippen molar-refractivity contribution in [3.63, 3.8) is 0 Å². The second-order valence-electron chi connectivity index (χ2n) is 5.17. The second kappa shape index (κ2) is 11.1. The predicted molar refractivity (Wildman–Crippen MR) is 91.7 cm³/mol. The van der Waals surface area contributed by atoms with Gasteiger partial charge in [-0.25, -0.2) is 0 Å². The van der Waals surface area contributed by atoms with Crippen LogP contribution in [0.2, 0.25) is 0 Å². The van der Waals surface area contributed by atoms with Crippen molar-refractivity contribution < 1.29 is 67.4 Å². The average Bonchev–Trinajstić information content (AvgIpc) is 2.67. The minimum Gasteiger partial charge on any atom is -0.863 e. The molecule has 0 aliphatic rings. The van der Waals surface area contributed by atoms with Crippen LogP contribution in [0.25, 0.3) is 0 Å². The molecule has 0 aliphatic heterocycles. The monoisotopic (exact) mass is 658 g/mol. The zero-order valence-corrected chi connectivity index (χ0v) is 20.9. The van der Waals surface area contributed by atoms with Crippen LogP contribution in [0.4, 0.5) is 34.1 Å². The summed E-state index contributed by atoms with van der Waals surface area (Å²) in [5.74, 6) is -2.92. The Morgan fingerprint density at radius 3 is 0.727 bits per heavy atom. The summed E-state index contributed by atoms with van der Waals surface area (Å²) in [7, 11) is 0. The van der Waals surface area contributed by atoms with Crippen molar-refractivity contribution in [3.8, 4) is 11.5 Å². The fraction of sp³-hybridized carbons (Fsp3) is 0. The molecule has 0 unspecified atom stereocenters. The summed E-state index contributed by atoms with van der Waals surface area (Å²) in [5.41, 5.74) is -6.53. The van der Waals surface area contributed by atoms with Gasteiger partial charge in [0.15, 0.2) is 0 Å². The van der Waals surface area contributed by atoms with Crippen LogP contribution >= 0.6 is 0 Å². The molecule has 0 fully saturated rings. The summed E-state index contributed by atoms with van der Waals surface area (Å²) in [4.78, 5) is 55.0. The van der Waals surface area contributed by atoms with E-state index in [2.05, 4.69) is 0 Å². The third kappa shape index (κ3) is 6.68. The molecular weight excluding hydrogens is 653 g/mol. The maximum Gasteiger partial charge on any atom is 2.00 e. The van der Waals surface area contributed by atoms with Crippen LogP contribution in [0.3, 0.4) is 0 Å². The molecule has 0 bridgehead atoms. The van der Waals surface area contributed by atoms with E-state index in [1.165, 1.54) is 0 Å². The first-order chi connectivity index (χ1) is 14.7. The Bertz CT molecular complexity index is 1020. The minimum absolute atomic E-state index is 0. The van der Waals surface area contributed by atoms with E-state index in [1.807, 2.05) is 0 Å². The number of hydrogen-bond donors (Lipinski definition) is 0. The SMILES string of the molecule is O=[N+]([O-])c1cc([N+](=O)[O-])c([O-])c([N+](=O)[O-])c1.O=[N+]([O-])c1cc([N+](=O)[O-])c([O-])c([N+](=O)[O-])c1.[Hg+2]. The average molecular weight is 657 g/mol. The molecule has 2 aromatic rings. The van der Waals surface area contributed by atoms with E-state index in [9.17, 15) is 70.9 Å². The van der Waals surface area contributed by atoms with Crippen LogP contribution in [0, 0.1) is 60.7 Å². The third-order valence-corrected chi connectivity index (χ3v) is 3.28. The van der Waals surface area contributed by atoms with Gasteiger partial charge in [-0.15, -0.1) is 0 Å². The van der Waals surface area contributed by atoms with Gasteiger partial charge in [0.2, 0.25) is 0 Å². The molecule has 0 aromatic heterocycles. The maximum atomic E-state index is 11.1. The molecule has 0 saturated carbocycles. The van der Waals surface area contributed by atoms with E-state index in [0.29, 0.717) is 24.3 Å². The van der Waals surface area contributed by atoms with Crippen LogP contribution in [0.15, 0.2) is 24.3 Å². The Morgan fingerprint density at radius 1 is 0.424 bits per heavy atom. The predicted octanol–water partition coefficient (Wildman–Crippen LogP) is 0.967. The van der Waals surface area contributed by atoms with Crippen molar-refractivity contribution in [1.29, 1.82) is 0 Å². The summed E-state index contributed by atoms with van der Waals surface area (Å²) < 4.78 is 0. The number of benzene rings is 2. The molecule has 21 heteroatoms. The Balaban J connectivity index is 0.000000602. The van der Waals surface area contributed by atoms with Crippen LogP contribution in [-0.2, 0) is 27.7 Å². The van der Waals surface area contributed by atoms with Gasteiger partial charge in [0.1, 0.15) is 0 Å². The second-order valence-corrected chi connectivity index (χ2v) is 5.17. The summed E-state index contributed by atoms with van der Waals surface area (Å²) >= 11 is 0. The van der Waals surface area contributed by atoms with Gasteiger partial charge in [0.05, 0.1) is 65.3 Å². The number of hydrogen-bond acceptors (Lipinski definition) is 14. The standard InChI is InChI=1S/2C6H3N3O7.Hg/c2*10-6-4(8(13)14)1-3(7(11)12)2-5(6)9(15)16;/h2*1-2,10H;/q;;+2/p-2. The molecule has 0 N–H and O–H groups in total. The zero-order valence-electron chi connectivity index (χ0n) is 15.4. The van der Waals surface area contributed by atoms with Gasteiger partial charge in [0.25, 0.3) is 34.1 Å². The van der Waals surface area contributed by atoms with Gasteiger partial charge in [-0.2, -0.15) is 0 Å². The quantitative estimate of drug-likeness (QED) is 0.238. The molecule has 0 atom stereocenters. The Labute approximate surface area is 198 Å². The number of nitro groups is 6. The Kier molecular flexibility index (Phi) is 9.57. The van der Waals surface area contributed by atoms with Gasteiger partial charge >= 0.3 is 27.7 Å². The fourth-order valence-corrected chi connectivity index (χ4v) is 1.92. The van der Waals surface area contributed by atoms with Crippen LogP contribution < -0.4 is 10.2 Å². The van der Waals surface area contributed by atoms with E-state index in [1.54, 1.807) is 0 Å². The van der Waals surface area contributed by atoms with Crippen molar-refractivity contribution in [1.82, 2.24) is 0 Å². The van der Waals surface area contributed by atoms with E-state index in [4.69, 9.17) is 0 Å². The molecule has 0 saturated heterocycles. The number of non-ortho nitro benzene ring substituents is 2. The van der Waals surface area contributed by atoms with Crippen molar-refractivity contribution >= 4 is 34.1 Å². The Morgan fingerprint density at radius 2 is 0.606 bits per heavy atom. The van der Waals surface area contributed by atoms with Gasteiger partial charge in [-0.05, 0) is 0 Å². The molecule has 20 nitrogen and oxygen atoms in total.